The van der Waals surface area contributed by atoms with Gasteiger partial charge in [-0.1, -0.05) is 11.6 Å². The summed E-state index contributed by atoms with van der Waals surface area (Å²) >= 11 is 5.85. The molecule has 0 amide bonds. The molecule has 19 heavy (non-hydrogen) atoms. The van der Waals surface area contributed by atoms with Gasteiger partial charge in [-0.3, -0.25) is 9.20 Å². The van der Waals surface area contributed by atoms with Crippen LogP contribution in [0.4, 0.5) is 0 Å². The Hall–Kier alpha value is -2.40. The summed E-state index contributed by atoms with van der Waals surface area (Å²) in [6, 6.07) is 7.63. The van der Waals surface area contributed by atoms with E-state index in [0.717, 1.165) is 0 Å². The molecular formula is C13H7ClN2O3. The number of hydrogen-bond donors (Lipinski definition) is 1. The molecule has 1 N–H and O–H groups in total. The van der Waals surface area contributed by atoms with Crippen LogP contribution < -0.4 is 5.56 Å². The normalized spacial score (nSPS) is 11.0. The number of fused-ring (bicyclic) bond motifs is 2. The number of aromatic nitrogens is 2. The van der Waals surface area contributed by atoms with E-state index in [0.29, 0.717) is 15.9 Å². The molecule has 3 aromatic rings. The number of carbonyl (C=O) groups is 1. The molecule has 6 heteroatoms. The second-order valence-electron chi connectivity index (χ2n) is 4.00. The molecule has 0 bridgehead atoms. The van der Waals surface area contributed by atoms with Crippen molar-refractivity contribution in [1.29, 1.82) is 0 Å². The largest absolute Gasteiger partial charge is 0.478 e. The zero-order valence-electron chi connectivity index (χ0n) is 9.50. The predicted molar refractivity (Wildman–Crippen MR) is 70.9 cm³/mol. The molecule has 94 valence electrons. The van der Waals surface area contributed by atoms with Gasteiger partial charge < -0.3 is 5.11 Å². The first-order chi connectivity index (χ1) is 9.08. The van der Waals surface area contributed by atoms with Crippen molar-refractivity contribution in [2.75, 3.05) is 0 Å². The number of benzene rings is 1. The zero-order valence-corrected chi connectivity index (χ0v) is 10.3. The average Bonchev–Trinajstić information content (AvgIpc) is 2.39. The molecule has 0 unspecified atom stereocenters. The van der Waals surface area contributed by atoms with Crippen LogP contribution in [0.5, 0.6) is 0 Å². The molecule has 0 saturated carbocycles. The number of hydrogen-bond acceptors (Lipinski definition) is 3. The van der Waals surface area contributed by atoms with Crippen molar-refractivity contribution < 1.29 is 9.90 Å². The summed E-state index contributed by atoms with van der Waals surface area (Å²) in [5.41, 5.74) is 0.181. The van der Waals surface area contributed by atoms with Gasteiger partial charge in [0, 0.05) is 11.2 Å². The van der Waals surface area contributed by atoms with Crippen molar-refractivity contribution in [3.05, 3.63) is 57.5 Å². The van der Waals surface area contributed by atoms with Gasteiger partial charge in [0.25, 0.3) is 5.56 Å². The SMILES string of the molecule is O=C(O)c1cccn2c(=O)c3cc(Cl)ccc3nc12. The Morgan fingerprint density at radius 2 is 2.11 bits per heavy atom. The molecule has 2 heterocycles. The maximum atomic E-state index is 12.3. The van der Waals surface area contributed by atoms with Crippen molar-refractivity contribution in [3.8, 4) is 0 Å². The lowest BCUT2D eigenvalue weighted by Crippen LogP contribution is -2.17. The molecule has 1 aromatic carbocycles. The van der Waals surface area contributed by atoms with E-state index in [1.807, 2.05) is 0 Å². The molecule has 5 nitrogen and oxygen atoms in total. The van der Waals surface area contributed by atoms with Crippen molar-refractivity contribution in [1.82, 2.24) is 9.38 Å². The Labute approximate surface area is 111 Å². The monoisotopic (exact) mass is 274 g/mol. The highest BCUT2D eigenvalue weighted by Crippen LogP contribution is 2.17. The van der Waals surface area contributed by atoms with Crippen LogP contribution in [-0.4, -0.2) is 20.5 Å². The number of aromatic carboxylic acids is 1. The average molecular weight is 275 g/mol. The van der Waals surface area contributed by atoms with E-state index in [9.17, 15) is 9.59 Å². The first kappa shape index (κ1) is 11.7. The van der Waals surface area contributed by atoms with E-state index >= 15 is 0 Å². The van der Waals surface area contributed by atoms with Gasteiger partial charge in [-0.15, -0.1) is 0 Å². The molecule has 0 aliphatic carbocycles. The van der Waals surface area contributed by atoms with Crippen LogP contribution in [0.25, 0.3) is 16.6 Å². The number of carboxylic acid groups (broad SMARTS) is 1. The smallest absolute Gasteiger partial charge is 0.339 e. The van der Waals surface area contributed by atoms with Crippen LogP contribution in [0, 0.1) is 0 Å². The van der Waals surface area contributed by atoms with Gasteiger partial charge >= 0.3 is 5.97 Å². The van der Waals surface area contributed by atoms with Gasteiger partial charge in [0.05, 0.1) is 10.9 Å². The van der Waals surface area contributed by atoms with Crippen molar-refractivity contribution in [2.45, 2.75) is 0 Å². The third-order valence-corrected chi connectivity index (χ3v) is 3.07. The zero-order chi connectivity index (χ0) is 13.6. The lowest BCUT2D eigenvalue weighted by molar-refractivity contribution is 0.0698. The minimum atomic E-state index is -1.13. The van der Waals surface area contributed by atoms with E-state index < -0.39 is 5.97 Å². The van der Waals surface area contributed by atoms with Gasteiger partial charge in [-0.25, -0.2) is 9.78 Å². The maximum Gasteiger partial charge on any atom is 0.339 e. The van der Waals surface area contributed by atoms with Crippen LogP contribution in [0.2, 0.25) is 5.02 Å². The molecule has 0 spiro atoms. The Balaban J connectivity index is 2.57. The molecule has 0 saturated heterocycles. The van der Waals surface area contributed by atoms with Gasteiger partial charge in [-0.2, -0.15) is 0 Å². The standard InChI is InChI=1S/C13H7ClN2O3/c14-7-3-4-10-9(6-7)12(17)16-5-1-2-8(13(18)19)11(16)15-10/h1-6H,(H,18,19). The van der Waals surface area contributed by atoms with Crippen LogP contribution in [0.15, 0.2) is 41.3 Å². The number of halogens is 1. The Morgan fingerprint density at radius 1 is 1.32 bits per heavy atom. The van der Waals surface area contributed by atoms with Gasteiger partial charge in [0.2, 0.25) is 0 Å². The topological polar surface area (TPSA) is 71.7 Å². The number of rotatable bonds is 1. The second kappa shape index (κ2) is 4.07. The van der Waals surface area contributed by atoms with E-state index in [-0.39, 0.29) is 16.8 Å². The fourth-order valence-corrected chi connectivity index (χ4v) is 2.14. The highest BCUT2D eigenvalue weighted by molar-refractivity contribution is 6.31. The van der Waals surface area contributed by atoms with E-state index in [1.165, 1.54) is 28.8 Å². The van der Waals surface area contributed by atoms with E-state index in [1.54, 1.807) is 12.1 Å². The maximum absolute atomic E-state index is 12.3. The van der Waals surface area contributed by atoms with E-state index in [4.69, 9.17) is 16.7 Å². The third-order valence-electron chi connectivity index (χ3n) is 2.83. The Bertz CT molecular complexity index is 886. The lowest BCUT2D eigenvalue weighted by atomic mass is 10.2. The minimum Gasteiger partial charge on any atom is -0.478 e. The first-order valence-electron chi connectivity index (χ1n) is 5.42. The van der Waals surface area contributed by atoms with Crippen molar-refractivity contribution in [2.24, 2.45) is 0 Å². The molecule has 0 aliphatic heterocycles. The van der Waals surface area contributed by atoms with Crippen LogP contribution in [0.3, 0.4) is 0 Å². The van der Waals surface area contributed by atoms with Crippen LogP contribution in [-0.2, 0) is 0 Å². The first-order valence-corrected chi connectivity index (χ1v) is 5.79. The molecule has 0 fully saturated rings. The number of carboxylic acids is 1. The number of nitrogens with zero attached hydrogens (tertiary/aromatic N) is 2. The summed E-state index contributed by atoms with van der Waals surface area (Å²) < 4.78 is 1.21. The molecule has 2 aromatic heterocycles. The van der Waals surface area contributed by atoms with Gasteiger partial charge in [0.15, 0.2) is 5.65 Å². The Kier molecular flexibility index (Phi) is 2.50. The van der Waals surface area contributed by atoms with Crippen molar-refractivity contribution in [3.63, 3.8) is 0 Å². The summed E-state index contributed by atoms with van der Waals surface area (Å²) in [6.45, 7) is 0. The summed E-state index contributed by atoms with van der Waals surface area (Å²) in [6.07, 6.45) is 1.48. The fraction of sp³-hybridized carbons (Fsp3) is 0. The fourth-order valence-electron chi connectivity index (χ4n) is 1.97. The summed E-state index contributed by atoms with van der Waals surface area (Å²) in [7, 11) is 0. The summed E-state index contributed by atoms with van der Waals surface area (Å²) in [5, 5.41) is 9.90. The molecule has 0 atom stereocenters. The second-order valence-corrected chi connectivity index (χ2v) is 4.44. The predicted octanol–water partition coefficient (Wildman–Crippen LogP) is 2.20. The van der Waals surface area contributed by atoms with Crippen LogP contribution in [0.1, 0.15) is 10.4 Å². The number of pyridine rings is 1. The Morgan fingerprint density at radius 3 is 2.84 bits per heavy atom. The quantitative estimate of drug-likeness (QED) is 0.691. The summed E-state index contributed by atoms with van der Waals surface area (Å²) in [5.74, 6) is -1.13. The summed E-state index contributed by atoms with van der Waals surface area (Å²) in [4.78, 5) is 27.7. The molecule has 0 radical (unpaired) electrons. The van der Waals surface area contributed by atoms with Gasteiger partial charge in [-0.05, 0) is 30.3 Å². The molecule has 3 rings (SSSR count). The van der Waals surface area contributed by atoms with Crippen molar-refractivity contribution >= 4 is 34.1 Å². The minimum absolute atomic E-state index is 0.0172. The third kappa shape index (κ3) is 1.75. The van der Waals surface area contributed by atoms with Crippen LogP contribution >= 0.6 is 11.6 Å². The van der Waals surface area contributed by atoms with E-state index in [2.05, 4.69) is 4.98 Å². The lowest BCUT2D eigenvalue weighted by Gasteiger charge is -2.05. The highest BCUT2D eigenvalue weighted by atomic mass is 35.5. The van der Waals surface area contributed by atoms with Gasteiger partial charge in [0.1, 0.15) is 5.56 Å². The molecular weight excluding hydrogens is 268 g/mol. The highest BCUT2D eigenvalue weighted by Gasteiger charge is 2.13. The molecule has 0 aliphatic rings.